The number of carbonyl (C=O) groups excluding carboxylic acids is 2. The van der Waals surface area contributed by atoms with Crippen LogP contribution in [0.4, 0.5) is 4.79 Å². The van der Waals surface area contributed by atoms with E-state index in [0.717, 1.165) is 81.3 Å². The lowest BCUT2D eigenvalue weighted by molar-refractivity contribution is -0.135. The summed E-state index contributed by atoms with van der Waals surface area (Å²) in [5, 5.41) is 0. The van der Waals surface area contributed by atoms with Crippen LogP contribution >= 0.6 is 0 Å². The number of rotatable bonds is 11. The van der Waals surface area contributed by atoms with E-state index in [9.17, 15) is 18.0 Å². The number of imide groups is 1. The van der Waals surface area contributed by atoms with Crippen LogP contribution in [0.5, 0.6) is 0 Å². The van der Waals surface area contributed by atoms with E-state index in [1.54, 1.807) is 4.90 Å². The van der Waals surface area contributed by atoms with Crippen molar-refractivity contribution in [3.05, 3.63) is 11.4 Å². The fourth-order valence-electron chi connectivity index (χ4n) is 6.48. The number of nitrogens with zero attached hydrogens (tertiary/aromatic N) is 4. The van der Waals surface area contributed by atoms with Gasteiger partial charge in [0.2, 0.25) is 0 Å². The average Bonchev–Trinajstić information content (AvgIpc) is 3.05. The third-order valence-corrected chi connectivity index (χ3v) is 12.5. The Morgan fingerprint density at radius 1 is 1.07 bits per heavy atom. The maximum Gasteiger partial charge on any atom is 0.329 e. The summed E-state index contributed by atoms with van der Waals surface area (Å²) in [5.74, 6) is -0.360. The van der Waals surface area contributed by atoms with Gasteiger partial charge in [-0.15, -0.1) is 0 Å². The molecule has 3 heterocycles. The van der Waals surface area contributed by atoms with E-state index in [1.807, 2.05) is 0 Å². The molecule has 4 fully saturated rings. The first-order chi connectivity index (χ1) is 18.7. The fourth-order valence-corrected chi connectivity index (χ4v) is 9.17. The monoisotopic (exact) mass is 598 g/mol. The van der Waals surface area contributed by atoms with Gasteiger partial charge in [-0.05, 0) is 56.2 Å². The molecule has 3 saturated heterocycles. The minimum atomic E-state index is -3.33. The molecule has 4 rings (SSSR count). The molecule has 13 heteroatoms. The van der Waals surface area contributed by atoms with Crippen LogP contribution in [0.2, 0.25) is 25.7 Å². The van der Waals surface area contributed by atoms with Crippen LogP contribution in [0.25, 0.3) is 0 Å². The van der Waals surface area contributed by atoms with Crippen molar-refractivity contribution in [2.75, 3.05) is 57.7 Å². The Labute approximate surface area is 241 Å². The number of nitrogens with two attached hydrogens (primary N) is 2. The third-order valence-electron chi connectivity index (χ3n) is 8.96. The zero-order valence-corrected chi connectivity index (χ0v) is 26.7. The molecule has 0 aromatic rings. The largest absolute Gasteiger partial charge is 0.386 e. The highest BCUT2D eigenvalue weighted by atomic mass is 32.2. The van der Waals surface area contributed by atoms with Crippen molar-refractivity contribution >= 4 is 29.8 Å². The van der Waals surface area contributed by atoms with E-state index in [-0.39, 0.29) is 24.2 Å². The molecule has 1 spiro atoms. The maximum atomic E-state index is 13.5. The molecular weight excluding hydrogens is 548 g/mol. The number of amides is 3. The number of urea groups is 1. The molecule has 4 aliphatic rings. The number of carbonyl (C=O) groups is 2. The van der Waals surface area contributed by atoms with Crippen LogP contribution in [-0.4, -0.2) is 117 Å². The Morgan fingerprint density at radius 3 is 2.33 bits per heavy atom. The predicted molar refractivity (Wildman–Crippen MR) is 159 cm³/mol. The zero-order valence-electron chi connectivity index (χ0n) is 24.9. The van der Waals surface area contributed by atoms with Crippen LogP contribution in [0, 0.1) is 5.92 Å². The van der Waals surface area contributed by atoms with Gasteiger partial charge < -0.3 is 21.1 Å². The van der Waals surface area contributed by atoms with Crippen molar-refractivity contribution in [2.45, 2.75) is 82.7 Å². The summed E-state index contributed by atoms with van der Waals surface area (Å²) in [5.41, 5.74) is 11.8. The molecular formula is C27H50N6O5SSi. The molecule has 1 aliphatic carbocycles. The molecule has 0 aromatic heterocycles. The molecule has 0 atom stereocenters. The van der Waals surface area contributed by atoms with E-state index < -0.39 is 35.4 Å². The van der Waals surface area contributed by atoms with Crippen molar-refractivity contribution in [3.8, 4) is 0 Å². The van der Waals surface area contributed by atoms with Gasteiger partial charge in [-0.2, -0.15) is 0 Å². The van der Waals surface area contributed by atoms with Crippen molar-refractivity contribution in [1.29, 1.82) is 0 Å². The molecule has 3 amide bonds. The second-order valence-electron chi connectivity index (χ2n) is 13.6. The Balaban J connectivity index is 1.37. The minimum Gasteiger partial charge on any atom is -0.386 e. The number of hydrogen-bond acceptors (Lipinski definition) is 9. The zero-order chi connectivity index (χ0) is 29.3. The number of sulfone groups is 1. The quantitative estimate of drug-likeness (QED) is 0.207. The maximum absolute atomic E-state index is 13.5. The smallest absolute Gasteiger partial charge is 0.329 e. The molecule has 0 bridgehead atoms. The summed E-state index contributed by atoms with van der Waals surface area (Å²) >= 11 is 0. The molecule has 4 N–H and O–H groups in total. The Hall–Kier alpha value is -1.67. The molecule has 40 heavy (non-hydrogen) atoms. The molecule has 0 aromatic carbocycles. The van der Waals surface area contributed by atoms with E-state index in [0.29, 0.717) is 25.0 Å². The second-order valence-corrected chi connectivity index (χ2v) is 21.3. The normalized spacial score (nSPS) is 27.4. The van der Waals surface area contributed by atoms with Gasteiger partial charge in [-0.25, -0.2) is 18.1 Å². The Morgan fingerprint density at radius 2 is 1.75 bits per heavy atom. The number of hydrogen-bond donors (Lipinski definition) is 2. The standard InChI is InChI=1S/C27H50N6O5SSi/c1-5-6-11-30-15-22(24(28)29)16-31(19-30)23-9-7-21(8-10-23)14-33-26(35)32(20-38-12-13-40(2,3)4)25(34)27(33)17-39(36,37)18-27/h21,23H,5-20,28-29H2,1-4H3. The summed E-state index contributed by atoms with van der Waals surface area (Å²) < 4.78 is 30.2. The lowest BCUT2D eigenvalue weighted by Crippen LogP contribution is -2.67. The Bertz CT molecular complexity index is 1070. The Kier molecular flexibility index (Phi) is 9.60. The van der Waals surface area contributed by atoms with Crippen LogP contribution in [-0.2, 0) is 19.4 Å². The SMILES string of the molecule is CCCCN1CC(=C(N)N)CN(C2CCC(CN3C(=O)N(COCC[Si](C)(C)C)C(=O)C34CS(=O)(=O)C4)CC2)C1. The van der Waals surface area contributed by atoms with Crippen LogP contribution in [0.3, 0.4) is 0 Å². The van der Waals surface area contributed by atoms with Gasteiger partial charge >= 0.3 is 6.03 Å². The minimum absolute atomic E-state index is 0.114. The molecule has 11 nitrogen and oxygen atoms in total. The van der Waals surface area contributed by atoms with E-state index in [4.69, 9.17) is 16.2 Å². The van der Waals surface area contributed by atoms with Crippen LogP contribution < -0.4 is 11.5 Å². The van der Waals surface area contributed by atoms with Gasteiger partial charge in [0.1, 0.15) is 6.73 Å². The van der Waals surface area contributed by atoms with Crippen LogP contribution in [0.1, 0.15) is 45.4 Å². The molecule has 1 saturated carbocycles. The number of ether oxygens (including phenoxy) is 1. The third kappa shape index (κ3) is 7.03. The summed E-state index contributed by atoms with van der Waals surface area (Å²) in [6, 6.07) is 0.921. The second kappa shape index (κ2) is 12.3. The lowest BCUT2D eigenvalue weighted by Gasteiger charge is -2.45. The van der Waals surface area contributed by atoms with Gasteiger partial charge in [-0.3, -0.25) is 14.6 Å². The van der Waals surface area contributed by atoms with E-state index in [1.165, 1.54) is 0 Å². The first-order valence-corrected chi connectivity index (χ1v) is 20.4. The van der Waals surface area contributed by atoms with E-state index >= 15 is 0 Å². The highest BCUT2D eigenvalue weighted by molar-refractivity contribution is 7.93. The highest BCUT2D eigenvalue weighted by Crippen LogP contribution is 2.40. The van der Waals surface area contributed by atoms with Crippen molar-refractivity contribution in [3.63, 3.8) is 0 Å². The van der Waals surface area contributed by atoms with Gasteiger partial charge in [0.05, 0.1) is 24.0 Å². The molecule has 228 valence electrons. The summed E-state index contributed by atoms with van der Waals surface area (Å²) in [6.45, 7) is 13.2. The first-order valence-electron chi connectivity index (χ1n) is 14.9. The fraction of sp³-hybridized carbons (Fsp3) is 0.852. The summed E-state index contributed by atoms with van der Waals surface area (Å²) in [6.07, 6.45) is 6.07. The summed E-state index contributed by atoms with van der Waals surface area (Å²) in [4.78, 5) is 34.4. The van der Waals surface area contributed by atoms with Crippen molar-refractivity contribution in [2.24, 2.45) is 17.4 Å². The van der Waals surface area contributed by atoms with Crippen molar-refractivity contribution in [1.82, 2.24) is 19.6 Å². The van der Waals surface area contributed by atoms with Crippen LogP contribution in [0.15, 0.2) is 11.4 Å². The highest BCUT2D eigenvalue weighted by Gasteiger charge is 2.66. The van der Waals surface area contributed by atoms with E-state index in [2.05, 4.69) is 36.4 Å². The van der Waals surface area contributed by atoms with Crippen molar-refractivity contribution < 1.29 is 22.7 Å². The summed E-state index contributed by atoms with van der Waals surface area (Å²) in [7, 11) is -4.65. The molecule has 0 radical (unpaired) electrons. The number of unbranched alkanes of at least 4 members (excludes halogenated alkanes) is 1. The lowest BCUT2D eigenvalue weighted by atomic mass is 9.84. The van der Waals surface area contributed by atoms with Gasteiger partial charge in [0.25, 0.3) is 5.91 Å². The first kappa shape index (κ1) is 31.3. The predicted octanol–water partition coefficient (Wildman–Crippen LogP) is 1.79. The topological polar surface area (TPSA) is 143 Å². The van der Waals surface area contributed by atoms with Gasteiger partial charge in [0.15, 0.2) is 15.4 Å². The molecule has 3 aliphatic heterocycles. The molecule has 0 unspecified atom stereocenters. The van der Waals surface area contributed by atoms with Gasteiger partial charge in [-0.1, -0.05) is 33.0 Å². The average molecular weight is 599 g/mol. The van der Waals surface area contributed by atoms with Gasteiger partial charge in [0, 0.05) is 40.4 Å².